The largest absolute Gasteiger partial charge is 0.493 e. The molecule has 0 unspecified atom stereocenters. The van der Waals surface area contributed by atoms with Gasteiger partial charge in [0.1, 0.15) is 19.5 Å². The predicted molar refractivity (Wildman–Crippen MR) is 151 cm³/mol. The highest BCUT2D eigenvalue weighted by Crippen LogP contribution is 2.31. The summed E-state index contributed by atoms with van der Waals surface area (Å²) in [5, 5.41) is 0. The van der Waals surface area contributed by atoms with Crippen molar-refractivity contribution in [3.8, 4) is 23.0 Å². The Labute approximate surface area is 230 Å². The molecule has 0 aliphatic heterocycles. The van der Waals surface area contributed by atoms with E-state index in [0.29, 0.717) is 47.3 Å². The molecule has 4 rings (SSSR count). The van der Waals surface area contributed by atoms with Crippen LogP contribution in [0.25, 0.3) is 0 Å². The van der Waals surface area contributed by atoms with Crippen molar-refractivity contribution in [2.24, 2.45) is 0 Å². The minimum absolute atomic E-state index is 0.466. The van der Waals surface area contributed by atoms with Crippen LogP contribution in [0.5, 0.6) is 23.0 Å². The highest BCUT2D eigenvalue weighted by Gasteiger charge is 2.10. The van der Waals surface area contributed by atoms with Crippen molar-refractivity contribution in [1.82, 2.24) is 0 Å². The molecule has 0 aromatic heterocycles. The van der Waals surface area contributed by atoms with Crippen molar-refractivity contribution in [2.45, 2.75) is 13.2 Å². The molecule has 37 heavy (non-hydrogen) atoms. The quantitative estimate of drug-likeness (QED) is 0.146. The molecule has 0 saturated carbocycles. The topological polar surface area (TPSA) is 71.1 Å². The number of hydrogen-bond acceptors (Lipinski definition) is 6. The highest BCUT2D eigenvalue weighted by atomic mass is 127. The molecule has 0 fully saturated rings. The first kappa shape index (κ1) is 27.7. The number of ether oxygens (including phenoxy) is 4. The summed E-state index contributed by atoms with van der Waals surface area (Å²) in [5.41, 5.74) is 3.33. The molecule has 0 N–H and O–H groups in total. The van der Waals surface area contributed by atoms with Gasteiger partial charge in [-0.05, 0) is 64.0 Å². The lowest BCUT2D eigenvalue weighted by Crippen LogP contribution is -1.99. The zero-order valence-electron chi connectivity index (χ0n) is 20.6. The normalized spacial score (nSPS) is 9.92. The monoisotopic (exact) mass is 610 g/mol. The second-order valence-corrected chi connectivity index (χ2v) is 8.88. The number of rotatable bonds is 10. The number of carbonyl (C=O) groups excluding carboxylic acids is 2. The second kappa shape index (κ2) is 14.6. The van der Waals surface area contributed by atoms with Gasteiger partial charge in [-0.25, -0.2) is 0 Å². The van der Waals surface area contributed by atoms with Gasteiger partial charge in [0.25, 0.3) is 0 Å². The van der Waals surface area contributed by atoms with Gasteiger partial charge in [0.2, 0.25) is 0 Å². The summed E-state index contributed by atoms with van der Waals surface area (Å²) in [4.78, 5) is 21.6. The van der Waals surface area contributed by atoms with Gasteiger partial charge in [-0.3, -0.25) is 9.59 Å². The average Bonchev–Trinajstić information content (AvgIpc) is 2.96. The Morgan fingerprint density at radius 2 is 1.16 bits per heavy atom. The third-order valence-electron chi connectivity index (χ3n) is 5.21. The summed E-state index contributed by atoms with van der Waals surface area (Å²) in [6.07, 6.45) is 1.59. The van der Waals surface area contributed by atoms with Crippen LogP contribution in [-0.4, -0.2) is 26.8 Å². The molecular weight excluding hydrogens is 583 g/mol. The van der Waals surface area contributed by atoms with Crippen LogP contribution in [0.3, 0.4) is 0 Å². The van der Waals surface area contributed by atoms with Gasteiger partial charge in [0.15, 0.2) is 29.3 Å². The summed E-state index contributed by atoms with van der Waals surface area (Å²) < 4.78 is 22.7. The fraction of sp³-hybridized carbons (Fsp3) is 0.133. The van der Waals surface area contributed by atoms with E-state index in [1.54, 1.807) is 38.5 Å². The van der Waals surface area contributed by atoms with Crippen LogP contribution < -0.4 is 18.9 Å². The molecule has 0 radical (unpaired) electrons. The number of carbonyl (C=O) groups is 2. The van der Waals surface area contributed by atoms with Crippen LogP contribution in [-0.2, 0) is 13.2 Å². The number of aldehydes is 2. The molecule has 0 amide bonds. The molecule has 0 heterocycles. The SMILES string of the molecule is COc1cc(C=O)c(I)cc1OCc1ccccc1.COc1cc(C=O)ccc1OCc1ccccc1. The first-order valence-corrected chi connectivity index (χ1v) is 12.4. The summed E-state index contributed by atoms with van der Waals surface area (Å²) in [6.45, 7) is 0.936. The van der Waals surface area contributed by atoms with Gasteiger partial charge in [0.05, 0.1) is 14.2 Å². The fourth-order valence-corrected chi connectivity index (χ4v) is 3.83. The van der Waals surface area contributed by atoms with Crippen LogP contribution in [0.15, 0.2) is 91.0 Å². The smallest absolute Gasteiger partial charge is 0.162 e. The molecule has 190 valence electrons. The zero-order chi connectivity index (χ0) is 26.5. The maximum Gasteiger partial charge on any atom is 0.162 e. The van der Waals surface area contributed by atoms with Gasteiger partial charge in [-0.2, -0.15) is 0 Å². The van der Waals surface area contributed by atoms with E-state index >= 15 is 0 Å². The Bertz CT molecular complexity index is 1290. The van der Waals surface area contributed by atoms with E-state index in [0.717, 1.165) is 27.3 Å². The van der Waals surface area contributed by atoms with Crippen LogP contribution in [0, 0.1) is 3.57 Å². The van der Waals surface area contributed by atoms with Crippen LogP contribution in [0.2, 0.25) is 0 Å². The summed E-state index contributed by atoms with van der Waals surface area (Å²) in [7, 11) is 3.12. The molecule has 4 aromatic rings. The number of halogens is 1. The Morgan fingerprint density at radius 3 is 1.68 bits per heavy atom. The Kier molecular flexibility index (Phi) is 11.0. The Morgan fingerprint density at radius 1 is 0.622 bits per heavy atom. The van der Waals surface area contributed by atoms with Crippen molar-refractivity contribution in [3.63, 3.8) is 0 Å². The number of methoxy groups -OCH3 is 2. The van der Waals surface area contributed by atoms with Crippen molar-refractivity contribution >= 4 is 35.2 Å². The van der Waals surface area contributed by atoms with E-state index < -0.39 is 0 Å². The van der Waals surface area contributed by atoms with E-state index in [9.17, 15) is 9.59 Å². The summed E-state index contributed by atoms with van der Waals surface area (Å²) in [6, 6.07) is 28.4. The average molecular weight is 610 g/mol. The van der Waals surface area contributed by atoms with Crippen molar-refractivity contribution in [3.05, 3.63) is 117 Å². The summed E-state index contributed by atoms with van der Waals surface area (Å²) >= 11 is 2.11. The van der Waals surface area contributed by atoms with Crippen LogP contribution in [0.4, 0.5) is 0 Å². The lowest BCUT2D eigenvalue weighted by molar-refractivity contribution is 0.111. The predicted octanol–water partition coefficient (Wildman–Crippen LogP) is 6.78. The van der Waals surface area contributed by atoms with Crippen molar-refractivity contribution in [2.75, 3.05) is 14.2 Å². The lowest BCUT2D eigenvalue weighted by Gasteiger charge is -2.12. The molecular formula is C30H27IO6. The minimum atomic E-state index is 0.466. The second-order valence-electron chi connectivity index (χ2n) is 7.72. The first-order chi connectivity index (χ1) is 18.1. The molecule has 0 atom stereocenters. The van der Waals surface area contributed by atoms with E-state index in [1.807, 2.05) is 66.7 Å². The van der Waals surface area contributed by atoms with Gasteiger partial charge in [0, 0.05) is 14.7 Å². The maximum absolute atomic E-state index is 10.9. The van der Waals surface area contributed by atoms with Crippen molar-refractivity contribution < 1.29 is 28.5 Å². The molecule has 4 aromatic carbocycles. The summed E-state index contributed by atoms with van der Waals surface area (Å²) in [5.74, 6) is 2.40. The Hall–Kier alpha value is -3.85. The van der Waals surface area contributed by atoms with E-state index in [2.05, 4.69) is 22.6 Å². The number of hydrogen-bond donors (Lipinski definition) is 0. The molecule has 7 heteroatoms. The van der Waals surface area contributed by atoms with Gasteiger partial charge < -0.3 is 18.9 Å². The van der Waals surface area contributed by atoms with Crippen molar-refractivity contribution in [1.29, 1.82) is 0 Å². The van der Waals surface area contributed by atoms with Gasteiger partial charge >= 0.3 is 0 Å². The van der Waals surface area contributed by atoms with E-state index in [1.165, 1.54) is 0 Å². The molecule has 0 spiro atoms. The fourth-order valence-electron chi connectivity index (χ4n) is 3.26. The maximum atomic E-state index is 10.9. The lowest BCUT2D eigenvalue weighted by atomic mass is 10.2. The van der Waals surface area contributed by atoms with Crippen LogP contribution >= 0.6 is 22.6 Å². The van der Waals surface area contributed by atoms with E-state index in [4.69, 9.17) is 18.9 Å². The van der Waals surface area contributed by atoms with E-state index in [-0.39, 0.29) is 0 Å². The zero-order valence-corrected chi connectivity index (χ0v) is 22.7. The molecule has 0 saturated heterocycles. The first-order valence-electron chi connectivity index (χ1n) is 11.4. The third kappa shape index (κ3) is 8.35. The molecule has 0 aliphatic rings. The number of benzene rings is 4. The van der Waals surface area contributed by atoms with Gasteiger partial charge in [-0.15, -0.1) is 0 Å². The minimum Gasteiger partial charge on any atom is -0.493 e. The molecule has 6 nitrogen and oxygen atoms in total. The van der Waals surface area contributed by atoms with Crippen LogP contribution in [0.1, 0.15) is 31.8 Å². The molecule has 0 bridgehead atoms. The van der Waals surface area contributed by atoms with Gasteiger partial charge in [-0.1, -0.05) is 60.7 Å². The Balaban J connectivity index is 0.000000206. The molecule has 0 aliphatic carbocycles. The standard InChI is InChI=1S/C15H13IO3.C15H14O3/c1-18-14-7-12(9-17)13(16)8-15(14)19-10-11-5-3-2-4-6-11;1-17-15-9-13(10-16)7-8-14(15)18-11-12-5-3-2-4-6-12/h2-9H,10H2,1H3;2-10H,11H2,1H3. The third-order valence-corrected chi connectivity index (χ3v) is 6.14. The highest BCUT2D eigenvalue weighted by molar-refractivity contribution is 14.1.